The number of hydrogen-bond donors (Lipinski definition) is 3. The number of fused-ring (bicyclic) bond motifs is 1. The van der Waals surface area contributed by atoms with Crippen LogP contribution < -0.4 is 10.6 Å². The maximum Gasteiger partial charge on any atom is 0.315 e. The minimum absolute atomic E-state index is 0.0528. The quantitative estimate of drug-likeness (QED) is 0.793. The zero-order valence-electron chi connectivity index (χ0n) is 14.4. The Morgan fingerprint density at radius 2 is 2.08 bits per heavy atom. The molecule has 0 saturated heterocycles. The second-order valence-corrected chi connectivity index (χ2v) is 7.03. The lowest BCUT2D eigenvalue weighted by molar-refractivity contribution is 0.0203. The lowest BCUT2D eigenvalue weighted by atomic mass is 9.79. The van der Waals surface area contributed by atoms with Crippen molar-refractivity contribution in [1.82, 2.24) is 10.6 Å². The Morgan fingerprint density at radius 1 is 1.29 bits per heavy atom. The Hall–Kier alpha value is -1.59. The van der Waals surface area contributed by atoms with Crippen molar-refractivity contribution < 1.29 is 14.6 Å². The van der Waals surface area contributed by atoms with E-state index in [1.54, 1.807) is 7.11 Å². The van der Waals surface area contributed by atoms with Gasteiger partial charge in [0.25, 0.3) is 0 Å². The van der Waals surface area contributed by atoms with Gasteiger partial charge in [0.05, 0.1) is 18.7 Å². The Morgan fingerprint density at radius 3 is 2.92 bits per heavy atom. The highest BCUT2D eigenvalue weighted by molar-refractivity contribution is 5.74. The van der Waals surface area contributed by atoms with Crippen LogP contribution in [0.2, 0.25) is 0 Å². The average Bonchev–Trinajstić information content (AvgIpc) is 2.61. The summed E-state index contributed by atoms with van der Waals surface area (Å²) in [5, 5.41) is 16.9. The van der Waals surface area contributed by atoms with Gasteiger partial charge in [0.15, 0.2) is 0 Å². The van der Waals surface area contributed by atoms with Gasteiger partial charge < -0.3 is 20.5 Å². The molecule has 5 nitrogen and oxygen atoms in total. The smallest absolute Gasteiger partial charge is 0.315 e. The highest BCUT2D eigenvalue weighted by Gasteiger charge is 2.35. The van der Waals surface area contributed by atoms with E-state index in [0.29, 0.717) is 6.42 Å². The lowest BCUT2D eigenvalue weighted by Crippen LogP contribution is -2.52. The van der Waals surface area contributed by atoms with Gasteiger partial charge in [-0.15, -0.1) is 0 Å². The molecular formula is C19H28N2O3. The molecule has 0 aromatic heterocycles. The Labute approximate surface area is 143 Å². The maximum atomic E-state index is 12.3. The number of ether oxygens (including phenoxy) is 1. The number of carbonyl (C=O) groups is 1. The van der Waals surface area contributed by atoms with Crippen LogP contribution in [0, 0.1) is 0 Å². The van der Waals surface area contributed by atoms with E-state index >= 15 is 0 Å². The van der Waals surface area contributed by atoms with Gasteiger partial charge in [0.1, 0.15) is 5.60 Å². The molecule has 3 atom stereocenters. The molecule has 1 aromatic carbocycles. The van der Waals surface area contributed by atoms with Gasteiger partial charge in [0, 0.05) is 7.11 Å². The van der Waals surface area contributed by atoms with E-state index in [0.717, 1.165) is 44.1 Å². The summed E-state index contributed by atoms with van der Waals surface area (Å²) in [5.74, 6) is 0. The molecule has 1 fully saturated rings. The predicted octanol–water partition coefficient (Wildman–Crippen LogP) is 2.47. The lowest BCUT2D eigenvalue weighted by Gasteiger charge is -2.35. The van der Waals surface area contributed by atoms with Crippen molar-refractivity contribution in [3.05, 3.63) is 35.4 Å². The highest BCUT2D eigenvalue weighted by Crippen LogP contribution is 2.34. The minimum Gasteiger partial charge on any atom is -0.383 e. The number of rotatable bonds is 4. The fourth-order valence-electron chi connectivity index (χ4n) is 4.07. The van der Waals surface area contributed by atoms with Crippen molar-refractivity contribution >= 4 is 6.03 Å². The summed E-state index contributed by atoms with van der Waals surface area (Å²) in [7, 11) is 1.70. The van der Waals surface area contributed by atoms with Crippen molar-refractivity contribution in [3.63, 3.8) is 0 Å². The third-order valence-electron chi connectivity index (χ3n) is 5.42. The standard InChI is InChI=1S/C19H28N2O3/c1-24-17-11-5-4-10-16(17)21-18(22)20-13-19(23)12-6-8-14-7-2-3-9-15(14)19/h2-3,7,9,16-17,23H,4-6,8,10-13H2,1H3,(H2,20,21,22). The molecular weight excluding hydrogens is 304 g/mol. The molecule has 24 heavy (non-hydrogen) atoms. The minimum atomic E-state index is -0.973. The molecule has 2 aliphatic rings. The summed E-state index contributed by atoms with van der Waals surface area (Å²) >= 11 is 0. The zero-order valence-corrected chi connectivity index (χ0v) is 14.4. The van der Waals surface area contributed by atoms with Gasteiger partial charge in [-0.1, -0.05) is 37.1 Å². The average molecular weight is 332 g/mol. The number of methoxy groups -OCH3 is 1. The van der Waals surface area contributed by atoms with Gasteiger partial charge in [-0.25, -0.2) is 4.79 Å². The summed E-state index contributed by atoms with van der Waals surface area (Å²) in [6.45, 7) is 0.236. The molecule has 3 N–H and O–H groups in total. The summed E-state index contributed by atoms with van der Waals surface area (Å²) in [5.41, 5.74) is 1.16. The number of hydrogen-bond acceptors (Lipinski definition) is 3. The third-order valence-corrected chi connectivity index (χ3v) is 5.42. The Kier molecular flexibility index (Phi) is 5.41. The largest absolute Gasteiger partial charge is 0.383 e. The van der Waals surface area contributed by atoms with Crippen molar-refractivity contribution in [1.29, 1.82) is 0 Å². The van der Waals surface area contributed by atoms with Crippen molar-refractivity contribution in [2.24, 2.45) is 0 Å². The molecule has 0 heterocycles. The van der Waals surface area contributed by atoms with E-state index in [4.69, 9.17) is 4.74 Å². The number of aryl methyl sites for hydroxylation is 1. The Bertz CT molecular complexity index is 577. The SMILES string of the molecule is COC1CCCCC1NC(=O)NCC1(O)CCCc2ccccc21. The van der Waals surface area contributed by atoms with Crippen LogP contribution in [-0.4, -0.2) is 36.9 Å². The molecule has 3 rings (SSSR count). The van der Waals surface area contributed by atoms with E-state index in [1.165, 1.54) is 5.56 Å². The second-order valence-electron chi connectivity index (χ2n) is 7.03. The van der Waals surface area contributed by atoms with Crippen molar-refractivity contribution in [3.8, 4) is 0 Å². The van der Waals surface area contributed by atoms with Crippen LogP contribution in [0.4, 0.5) is 4.79 Å². The van der Waals surface area contributed by atoms with E-state index in [-0.39, 0.29) is 24.7 Å². The van der Waals surface area contributed by atoms with Crippen LogP contribution >= 0.6 is 0 Å². The molecule has 0 bridgehead atoms. The number of carbonyl (C=O) groups excluding carboxylic acids is 1. The van der Waals surface area contributed by atoms with E-state index in [2.05, 4.69) is 16.7 Å². The fraction of sp³-hybridized carbons (Fsp3) is 0.632. The first kappa shape index (κ1) is 17.2. The van der Waals surface area contributed by atoms with Crippen LogP contribution in [0.15, 0.2) is 24.3 Å². The van der Waals surface area contributed by atoms with Crippen LogP contribution in [-0.2, 0) is 16.8 Å². The van der Waals surface area contributed by atoms with Gasteiger partial charge >= 0.3 is 6.03 Å². The first-order valence-electron chi connectivity index (χ1n) is 9.00. The number of urea groups is 1. The molecule has 132 valence electrons. The van der Waals surface area contributed by atoms with Gasteiger partial charge in [-0.2, -0.15) is 0 Å². The Balaban J connectivity index is 1.58. The van der Waals surface area contributed by atoms with Gasteiger partial charge in [0.2, 0.25) is 0 Å². The molecule has 1 aromatic rings. The van der Waals surface area contributed by atoms with E-state index in [1.807, 2.05) is 18.2 Å². The number of nitrogens with one attached hydrogen (secondary N) is 2. The molecule has 3 unspecified atom stereocenters. The van der Waals surface area contributed by atoms with Crippen LogP contribution in [0.1, 0.15) is 49.7 Å². The number of amides is 2. The zero-order chi connectivity index (χ0) is 17.0. The molecule has 0 aliphatic heterocycles. The van der Waals surface area contributed by atoms with E-state index < -0.39 is 5.60 Å². The maximum absolute atomic E-state index is 12.3. The summed E-state index contributed by atoms with van der Waals surface area (Å²) in [4.78, 5) is 12.3. The first-order chi connectivity index (χ1) is 11.6. The van der Waals surface area contributed by atoms with E-state index in [9.17, 15) is 9.90 Å². The molecule has 0 spiro atoms. The van der Waals surface area contributed by atoms with Crippen LogP contribution in [0.3, 0.4) is 0 Å². The fourth-order valence-corrected chi connectivity index (χ4v) is 4.07. The van der Waals surface area contributed by atoms with Crippen LogP contribution in [0.5, 0.6) is 0 Å². The second kappa shape index (κ2) is 7.53. The van der Waals surface area contributed by atoms with Crippen molar-refractivity contribution in [2.45, 2.75) is 62.7 Å². The highest BCUT2D eigenvalue weighted by atomic mass is 16.5. The summed E-state index contributed by atoms with van der Waals surface area (Å²) in [6, 6.07) is 7.80. The topological polar surface area (TPSA) is 70.6 Å². The normalized spacial score (nSPS) is 29.6. The first-order valence-corrected chi connectivity index (χ1v) is 9.00. The van der Waals surface area contributed by atoms with Gasteiger partial charge in [-0.05, 0) is 43.2 Å². The van der Waals surface area contributed by atoms with Gasteiger partial charge in [-0.3, -0.25) is 0 Å². The molecule has 2 aliphatic carbocycles. The molecule has 0 radical (unpaired) electrons. The summed E-state index contributed by atoms with van der Waals surface area (Å²) in [6.07, 6.45) is 6.87. The predicted molar refractivity (Wildman–Crippen MR) is 92.9 cm³/mol. The van der Waals surface area contributed by atoms with Crippen LogP contribution in [0.25, 0.3) is 0 Å². The molecule has 2 amide bonds. The molecule has 1 saturated carbocycles. The monoisotopic (exact) mass is 332 g/mol. The number of benzene rings is 1. The number of aliphatic hydroxyl groups is 1. The molecule has 5 heteroatoms. The third kappa shape index (κ3) is 3.73. The summed E-state index contributed by atoms with van der Waals surface area (Å²) < 4.78 is 5.47. The van der Waals surface area contributed by atoms with Crippen molar-refractivity contribution in [2.75, 3.05) is 13.7 Å².